The van der Waals surface area contributed by atoms with Crippen molar-refractivity contribution >= 4 is 5.91 Å². The molecule has 0 bridgehead atoms. The van der Waals surface area contributed by atoms with Gasteiger partial charge in [0.25, 0.3) is 0 Å². The van der Waals surface area contributed by atoms with E-state index in [1.54, 1.807) is 12.1 Å². The van der Waals surface area contributed by atoms with Crippen LogP contribution in [0.3, 0.4) is 0 Å². The maximum Gasteiger partial charge on any atom is 0.223 e. The molecule has 7 nitrogen and oxygen atoms in total. The summed E-state index contributed by atoms with van der Waals surface area (Å²) < 4.78 is 11.3. The van der Waals surface area contributed by atoms with E-state index in [0.29, 0.717) is 11.7 Å². The van der Waals surface area contributed by atoms with Gasteiger partial charge in [-0.25, -0.2) is 0 Å². The Bertz CT molecular complexity index is 563. The van der Waals surface area contributed by atoms with Gasteiger partial charge in [0.1, 0.15) is 30.1 Å². The lowest BCUT2D eigenvalue weighted by molar-refractivity contribution is -0.244. The molecule has 140 valence electrons. The molecule has 25 heavy (non-hydrogen) atoms. The van der Waals surface area contributed by atoms with Crippen LogP contribution >= 0.6 is 0 Å². The van der Waals surface area contributed by atoms with Gasteiger partial charge >= 0.3 is 0 Å². The zero-order chi connectivity index (χ0) is 18.6. The van der Waals surface area contributed by atoms with Crippen LogP contribution in [-0.2, 0) is 9.53 Å². The van der Waals surface area contributed by atoms with Gasteiger partial charge in [0.05, 0.1) is 6.61 Å². The van der Waals surface area contributed by atoms with Gasteiger partial charge in [0.15, 0.2) is 0 Å². The van der Waals surface area contributed by atoms with Crippen LogP contribution < -0.4 is 10.1 Å². The highest BCUT2D eigenvalue weighted by molar-refractivity contribution is 5.73. The third-order valence-electron chi connectivity index (χ3n) is 4.56. The molecule has 1 aromatic carbocycles. The van der Waals surface area contributed by atoms with Crippen LogP contribution in [0, 0.1) is 0 Å². The maximum absolute atomic E-state index is 11.4. The number of carbonyl (C=O) groups excluding carboxylic acids is 1. The van der Waals surface area contributed by atoms with E-state index in [1.807, 2.05) is 12.1 Å². The summed E-state index contributed by atoms with van der Waals surface area (Å²) in [5.74, 6) is 0.554. The molecule has 1 fully saturated rings. The predicted octanol–water partition coefficient (Wildman–Crippen LogP) is 0.523. The van der Waals surface area contributed by atoms with Crippen LogP contribution in [0.25, 0.3) is 0 Å². The molecule has 0 unspecified atom stereocenters. The Kier molecular flexibility index (Phi) is 6.78. The Morgan fingerprint density at radius 2 is 1.92 bits per heavy atom. The number of rotatable bonds is 6. The fraction of sp³-hybridized carbons (Fsp3) is 0.611. The lowest BCUT2D eigenvalue weighted by atomic mass is 9.97. The van der Waals surface area contributed by atoms with E-state index in [1.165, 1.54) is 12.5 Å². The maximum atomic E-state index is 11.4. The average Bonchev–Trinajstić information content (AvgIpc) is 2.60. The van der Waals surface area contributed by atoms with Crippen molar-refractivity contribution in [2.45, 2.75) is 63.8 Å². The summed E-state index contributed by atoms with van der Waals surface area (Å²) in [5.41, 5.74) is 1.18. The highest BCUT2D eigenvalue weighted by Crippen LogP contribution is 2.26. The van der Waals surface area contributed by atoms with Crippen molar-refractivity contribution in [2.24, 2.45) is 0 Å². The minimum Gasteiger partial charge on any atom is -0.463 e. The molecule has 6 atom stereocenters. The second-order valence-electron chi connectivity index (χ2n) is 6.43. The topological polar surface area (TPSA) is 108 Å². The van der Waals surface area contributed by atoms with Gasteiger partial charge in [-0.3, -0.25) is 4.79 Å². The van der Waals surface area contributed by atoms with Crippen molar-refractivity contribution in [1.82, 2.24) is 5.32 Å². The number of hydrogen-bond acceptors (Lipinski definition) is 6. The molecular formula is C18H27NO6. The largest absolute Gasteiger partial charge is 0.463 e. The van der Waals surface area contributed by atoms with Gasteiger partial charge in [-0.05, 0) is 30.0 Å². The molecule has 0 spiro atoms. The molecule has 0 aliphatic carbocycles. The zero-order valence-electron chi connectivity index (χ0n) is 14.8. The zero-order valence-corrected chi connectivity index (χ0v) is 14.8. The lowest BCUT2D eigenvalue weighted by Crippen LogP contribution is -2.65. The molecule has 0 aromatic heterocycles. The molecule has 0 saturated carbocycles. The minimum atomic E-state index is -1.32. The number of aliphatic hydroxyl groups excluding tert-OH is 3. The van der Waals surface area contributed by atoms with Crippen molar-refractivity contribution in [3.63, 3.8) is 0 Å². The number of carbonyl (C=O) groups is 1. The fourth-order valence-corrected chi connectivity index (χ4v) is 2.82. The molecular weight excluding hydrogens is 326 g/mol. The number of nitrogens with one attached hydrogen (secondary N) is 1. The molecule has 2 rings (SSSR count). The van der Waals surface area contributed by atoms with Gasteiger partial charge < -0.3 is 30.1 Å². The first-order valence-corrected chi connectivity index (χ1v) is 8.53. The van der Waals surface area contributed by atoms with E-state index in [4.69, 9.17) is 9.47 Å². The molecule has 1 aromatic rings. The Balaban J connectivity index is 2.16. The van der Waals surface area contributed by atoms with Crippen LogP contribution in [0.2, 0.25) is 0 Å². The van der Waals surface area contributed by atoms with Gasteiger partial charge in [0.2, 0.25) is 12.2 Å². The van der Waals surface area contributed by atoms with Crippen molar-refractivity contribution in [3.05, 3.63) is 29.8 Å². The molecule has 1 heterocycles. The molecule has 4 N–H and O–H groups in total. The Morgan fingerprint density at radius 1 is 1.28 bits per heavy atom. The fourth-order valence-electron chi connectivity index (χ4n) is 2.82. The lowest BCUT2D eigenvalue weighted by Gasteiger charge is -2.42. The molecule has 1 saturated heterocycles. The monoisotopic (exact) mass is 353 g/mol. The molecule has 7 heteroatoms. The summed E-state index contributed by atoms with van der Waals surface area (Å²) in [6, 6.07) is 6.54. The van der Waals surface area contributed by atoms with Crippen LogP contribution in [0.4, 0.5) is 0 Å². The number of ether oxygens (including phenoxy) is 2. The number of amides is 1. The van der Waals surface area contributed by atoms with Gasteiger partial charge in [-0.15, -0.1) is 0 Å². The van der Waals surface area contributed by atoms with Crippen molar-refractivity contribution in [1.29, 1.82) is 0 Å². The van der Waals surface area contributed by atoms with Gasteiger partial charge in [-0.2, -0.15) is 0 Å². The summed E-state index contributed by atoms with van der Waals surface area (Å²) >= 11 is 0. The summed E-state index contributed by atoms with van der Waals surface area (Å²) in [4.78, 5) is 11.4. The number of hydrogen-bond donors (Lipinski definition) is 4. The molecule has 1 amide bonds. The van der Waals surface area contributed by atoms with Crippen LogP contribution in [0.15, 0.2) is 24.3 Å². The van der Waals surface area contributed by atoms with Gasteiger partial charge in [-0.1, -0.05) is 26.0 Å². The second-order valence-corrected chi connectivity index (χ2v) is 6.43. The highest BCUT2D eigenvalue weighted by atomic mass is 16.7. The first kappa shape index (κ1) is 19.7. The SMILES string of the molecule is CC[C@H](C)c1ccc(O[C@@H]2O[C@H](CO)[C@H](O)[C@@H](O)[C@@H]2NC(C)=O)cc1. The van der Waals surface area contributed by atoms with E-state index in [2.05, 4.69) is 19.2 Å². The first-order chi connectivity index (χ1) is 11.9. The van der Waals surface area contributed by atoms with Crippen molar-refractivity contribution in [3.8, 4) is 5.75 Å². The van der Waals surface area contributed by atoms with E-state index in [9.17, 15) is 20.1 Å². The van der Waals surface area contributed by atoms with E-state index < -0.39 is 37.3 Å². The smallest absolute Gasteiger partial charge is 0.223 e. The summed E-state index contributed by atoms with van der Waals surface area (Å²) in [6.45, 7) is 5.08. The quantitative estimate of drug-likeness (QED) is 0.594. The third kappa shape index (κ3) is 4.70. The molecule has 1 aliphatic rings. The highest BCUT2D eigenvalue weighted by Gasteiger charge is 2.46. The summed E-state index contributed by atoms with van der Waals surface area (Å²) in [6.07, 6.45) is -3.65. The Labute approximate surface area is 147 Å². The summed E-state index contributed by atoms with van der Waals surface area (Å²) in [7, 11) is 0. The Morgan fingerprint density at radius 3 is 2.44 bits per heavy atom. The summed E-state index contributed by atoms with van der Waals surface area (Å²) in [5, 5.41) is 32.1. The average molecular weight is 353 g/mol. The van der Waals surface area contributed by atoms with Crippen molar-refractivity contribution in [2.75, 3.05) is 6.61 Å². The first-order valence-electron chi connectivity index (χ1n) is 8.53. The minimum absolute atomic E-state index is 0.386. The third-order valence-corrected chi connectivity index (χ3v) is 4.56. The predicted molar refractivity (Wildman–Crippen MR) is 91.1 cm³/mol. The normalized spacial score (nSPS) is 30.6. The van der Waals surface area contributed by atoms with E-state index >= 15 is 0 Å². The van der Waals surface area contributed by atoms with Crippen LogP contribution in [0.1, 0.15) is 38.7 Å². The number of benzene rings is 1. The van der Waals surface area contributed by atoms with Crippen molar-refractivity contribution < 1.29 is 29.6 Å². The van der Waals surface area contributed by atoms with Gasteiger partial charge in [0, 0.05) is 6.92 Å². The standard InChI is InChI=1S/C18H27NO6/c1-4-10(2)12-5-7-13(8-6-12)24-18-15(19-11(3)21)17(23)16(22)14(9-20)25-18/h5-8,10,14-18,20,22-23H,4,9H2,1-3H3,(H,19,21)/t10-,14+,15-,16-,17-,18+/m0/s1. The second kappa shape index (κ2) is 8.62. The van der Waals surface area contributed by atoms with E-state index in [-0.39, 0.29) is 5.91 Å². The van der Waals surface area contributed by atoms with E-state index in [0.717, 1.165) is 6.42 Å². The van der Waals surface area contributed by atoms with Crippen LogP contribution in [-0.4, -0.2) is 58.5 Å². The van der Waals surface area contributed by atoms with Crippen LogP contribution in [0.5, 0.6) is 5.75 Å². The molecule has 0 radical (unpaired) electrons. The molecule has 1 aliphatic heterocycles. The Hall–Kier alpha value is -1.67. The number of aliphatic hydroxyl groups is 3.